The van der Waals surface area contributed by atoms with Gasteiger partial charge in [-0.1, -0.05) is 29.8 Å². The van der Waals surface area contributed by atoms with Crippen LogP contribution in [0.4, 0.5) is 0 Å². The number of imidazole rings is 1. The van der Waals surface area contributed by atoms with Gasteiger partial charge in [0.05, 0.1) is 17.7 Å². The van der Waals surface area contributed by atoms with Gasteiger partial charge in [-0.3, -0.25) is 4.90 Å². The lowest BCUT2D eigenvalue weighted by Crippen LogP contribution is -2.44. The van der Waals surface area contributed by atoms with E-state index in [-0.39, 0.29) is 0 Å². The minimum atomic E-state index is 0.293. The molecule has 2 atom stereocenters. The Morgan fingerprint density at radius 2 is 2.24 bits per heavy atom. The first-order valence-corrected chi connectivity index (χ1v) is 7.72. The zero-order valence-electron chi connectivity index (χ0n) is 12.4. The SMILES string of the molecule is CC(c1ccccc1Cl)N(C)CC1Cc2nc[nH]c2CN1. The van der Waals surface area contributed by atoms with Crippen LogP contribution in [-0.2, 0) is 13.0 Å². The molecule has 1 aromatic carbocycles. The van der Waals surface area contributed by atoms with Crippen LogP contribution in [0.5, 0.6) is 0 Å². The summed E-state index contributed by atoms with van der Waals surface area (Å²) in [6.07, 6.45) is 2.75. The number of benzene rings is 1. The van der Waals surface area contributed by atoms with Crippen LogP contribution >= 0.6 is 11.6 Å². The Morgan fingerprint density at radius 3 is 3.05 bits per heavy atom. The Hall–Kier alpha value is -1.36. The van der Waals surface area contributed by atoms with E-state index in [2.05, 4.69) is 40.2 Å². The minimum Gasteiger partial charge on any atom is -0.347 e. The highest BCUT2D eigenvalue weighted by atomic mass is 35.5. The predicted octanol–water partition coefficient (Wildman–Crippen LogP) is 2.77. The molecule has 0 amide bonds. The van der Waals surface area contributed by atoms with Gasteiger partial charge in [0.15, 0.2) is 0 Å². The van der Waals surface area contributed by atoms with Crippen molar-refractivity contribution >= 4 is 11.6 Å². The van der Waals surface area contributed by atoms with Gasteiger partial charge < -0.3 is 10.3 Å². The fraction of sp³-hybridized carbons (Fsp3) is 0.438. The lowest BCUT2D eigenvalue weighted by atomic mass is 10.0. The molecule has 1 aliphatic rings. The number of H-pyrrole nitrogens is 1. The van der Waals surface area contributed by atoms with E-state index in [9.17, 15) is 0 Å². The molecule has 3 rings (SSSR count). The maximum Gasteiger partial charge on any atom is 0.0925 e. The van der Waals surface area contributed by atoms with Crippen LogP contribution in [0.25, 0.3) is 0 Å². The van der Waals surface area contributed by atoms with E-state index >= 15 is 0 Å². The highest BCUT2D eigenvalue weighted by Crippen LogP contribution is 2.26. The molecule has 0 saturated carbocycles. The summed E-state index contributed by atoms with van der Waals surface area (Å²) in [6.45, 7) is 4.04. The van der Waals surface area contributed by atoms with Gasteiger partial charge in [-0.25, -0.2) is 4.98 Å². The van der Waals surface area contributed by atoms with E-state index in [1.54, 1.807) is 6.33 Å². The summed E-state index contributed by atoms with van der Waals surface area (Å²) in [7, 11) is 2.15. The summed E-state index contributed by atoms with van der Waals surface area (Å²) in [5.74, 6) is 0. The number of aromatic amines is 1. The van der Waals surface area contributed by atoms with Crippen molar-refractivity contribution in [1.29, 1.82) is 0 Å². The highest BCUT2D eigenvalue weighted by molar-refractivity contribution is 6.31. The first kappa shape index (κ1) is 14.6. The Kier molecular flexibility index (Phi) is 4.29. The maximum absolute atomic E-state index is 6.30. The number of nitrogens with zero attached hydrogens (tertiary/aromatic N) is 2. The largest absolute Gasteiger partial charge is 0.347 e. The van der Waals surface area contributed by atoms with Crippen molar-refractivity contribution < 1.29 is 0 Å². The Morgan fingerprint density at radius 1 is 1.43 bits per heavy atom. The van der Waals surface area contributed by atoms with Crippen LogP contribution in [0.15, 0.2) is 30.6 Å². The molecule has 0 fully saturated rings. The summed E-state index contributed by atoms with van der Waals surface area (Å²) in [4.78, 5) is 9.92. The molecular formula is C16H21ClN4. The molecule has 0 bridgehead atoms. The van der Waals surface area contributed by atoms with Gasteiger partial charge in [-0.15, -0.1) is 0 Å². The molecule has 1 aromatic heterocycles. The normalized spacial score (nSPS) is 19.5. The number of nitrogens with one attached hydrogen (secondary N) is 2. The number of hydrogen-bond donors (Lipinski definition) is 2. The molecule has 4 nitrogen and oxygen atoms in total. The zero-order chi connectivity index (χ0) is 14.8. The van der Waals surface area contributed by atoms with E-state index in [1.807, 2.05) is 18.2 Å². The minimum absolute atomic E-state index is 0.293. The van der Waals surface area contributed by atoms with Crippen LogP contribution < -0.4 is 5.32 Å². The molecule has 21 heavy (non-hydrogen) atoms. The van der Waals surface area contributed by atoms with Crippen LogP contribution in [0, 0.1) is 0 Å². The molecule has 5 heteroatoms. The lowest BCUT2D eigenvalue weighted by Gasteiger charge is -2.32. The van der Waals surface area contributed by atoms with Crippen molar-refractivity contribution in [3.8, 4) is 0 Å². The van der Waals surface area contributed by atoms with E-state index in [4.69, 9.17) is 11.6 Å². The molecule has 112 valence electrons. The maximum atomic E-state index is 6.30. The van der Waals surface area contributed by atoms with Crippen LogP contribution in [0.1, 0.15) is 29.9 Å². The van der Waals surface area contributed by atoms with Crippen molar-refractivity contribution in [2.24, 2.45) is 0 Å². The summed E-state index contributed by atoms with van der Waals surface area (Å²) < 4.78 is 0. The third kappa shape index (κ3) is 3.12. The van der Waals surface area contributed by atoms with Crippen molar-refractivity contribution in [2.45, 2.75) is 32.0 Å². The van der Waals surface area contributed by atoms with Gasteiger partial charge >= 0.3 is 0 Å². The number of hydrogen-bond acceptors (Lipinski definition) is 3. The molecule has 0 spiro atoms. The van der Waals surface area contributed by atoms with Gasteiger partial charge in [0.25, 0.3) is 0 Å². The predicted molar refractivity (Wildman–Crippen MR) is 85.4 cm³/mol. The molecular weight excluding hydrogens is 284 g/mol. The number of fused-ring (bicyclic) bond motifs is 1. The Labute approximate surface area is 130 Å². The Bertz CT molecular complexity index is 610. The zero-order valence-corrected chi connectivity index (χ0v) is 13.2. The van der Waals surface area contributed by atoms with Crippen molar-refractivity contribution in [3.63, 3.8) is 0 Å². The molecule has 2 unspecified atom stereocenters. The van der Waals surface area contributed by atoms with Gasteiger partial charge in [0, 0.05) is 36.6 Å². The number of halogens is 1. The summed E-state index contributed by atoms with van der Waals surface area (Å²) >= 11 is 6.30. The molecule has 1 aliphatic heterocycles. The number of likely N-dealkylation sites (N-methyl/N-ethyl adjacent to an activating group) is 1. The van der Waals surface area contributed by atoms with Gasteiger partial charge in [-0.2, -0.15) is 0 Å². The van der Waals surface area contributed by atoms with E-state index < -0.39 is 0 Å². The smallest absolute Gasteiger partial charge is 0.0925 e. The average Bonchev–Trinajstić information content (AvgIpc) is 2.94. The standard InChI is InChI=1S/C16H21ClN4/c1-11(13-5-3-4-6-14(13)17)21(2)9-12-7-15-16(8-18-12)20-10-19-15/h3-6,10-12,18H,7-9H2,1-2H3,(H,19,20). The monoisotopic (exact) mass is 304 g/mol. The first-order chi connectivity index (χ1) is 10.1. The molecule has 2 heterocycles. The molecule has 0 saturated heterocycles. The first-order valence-electron chi connectivity index (χ1n) is 7.34. The average molecular weight is 305 g/mol. The van der Waals surface area contributed by atoms with Crippen molar-refractivity contribution in [2.75, 3.05) is 13.6 Å². The fourth-order valence-electron chi connectivity index (χ4n) is 2.92. The molecule has 0 aliphatic carbocycles. The number of rotatable bonds is 4. The highest BCUT2D eigenvalue weighted by Gasteiger charge is 2.23. The van der Waals surface area contributed by atoms with Crippen LogP contribution in [0.3, 0.4) is 0 Å². The quantitative estimate of drug-likeness (QED) is 0.913. The second-order valence-corrected chi connectivity index (χ2v) is 6.15. The number of aromatic nitrogens is 2. The third-order valence-corrected chi connectivity index (χ3v) is 4.68. The van der Waals surface area contributed by atoms with Gasteiger partial charge in [0.1, 0.15) is 0 Å². The van der Waals surface area contributed by atoms with E-state index in [0.29, 0.717) is 12.1 Å². The summed E-state index contributed by atoms with van der Waals surface area (Å²) in [5, 5.41) is 4.40. The summed E-state index contributed by atoms with van der Waals surface area (Å²) in [5.41, 5.74) is 3.59. The summed E-state index contributed by atoms with van der Waals surface area (Å²) in [6, 6.07) is 8.79. The van der Waals surface area contributed by atoms with Gasteiger partial charge in [-0.05, 0) is 25.6 Å². The third-order valence-electron chi connectivity index (χ3n) is 4.34. The molecule has 0 radical (unpaired) electrons. The van der Waals surface area contributed by atoms with E-state index in [1.165, 1.54) is 17.0 Å². The fourth-order valence-corrected chi connectivity index (χ4v) is 3.21. The Balaban J connectivity index is 1.64. The lowest BCUT2D eigenvalue weighted by molar-refractivity contribution is 0.225. The van der Waals surface area contributed by atoms with Crippen LogP contribution in [0.2, 0.25) is 5.02 Å². The van der Waals surface area contributed by atoms with Crippen molar-refractivity contribution in [1.82, 2.24) is 20.2 Å². The topological polar surface area (TPSA) is 44.0 Å². The van der Waals surface area contributed by atoms with Crippen molar-refractivity contribution in [3.05, 3.63) is 52.6 Å². The second kappa shape index (κ2) is 6.18. The molecule has 2 aromatic rings. The second-order valence-electron chi connectivity index (χ2n) is 5.75. The molecule has 2 N–H and O–H groups in total. The van der Waals surface area contributed by atoms with Crippen LogP contribution in [-0.4, -0.2) is 34.5 Å². The van der Waals surface area contributed by atoms with Gasteiger partial charge in [0.2, 0.25) is 0 Å². The van der Waals surface area contributed by atoms with E-state index in [0.717, 1.165) is 24.5 Å².